The molecule has 3 rings (SSSR count). The number of H-pyrrole nitrogens is 1. The minimum atomic E-state index is -0.863. The lowest BCUT2D eigenvalue weighted by molar-refractivity contribution is 0.0522. The van der Waals surface area contributed by atoms with Crippen molar-refractivity contribution in [2.24, 2.45) is 0 Å². The van der Waals surface area contributed by atoms with Gasteiger partial charge in [-0.3, -0.25) is 4.79 Å². The van der Waals surface area contributed by atoms with E-state index in [1.165, 1.54) is 6.07 Å². The zero-order valence-corrected chi connectivity index (χ0v) is 12.2. The predicted molar refractivity (Wildman–Crippen MR) is 81.6 cm³/mol. The van der Waals surface area contributed by atoms with Crippen molar-refractivity contribution in [1.29, 1.82) is 0 Å². The number of nitrogens with one attached hydrogen (secondary N) is 1. The summed E-state index contributed by atoms with van der Waals surface area (Å²) in [7, 11) is 0. The van der Waals surface area contributed by atoms with Crippen molar-refractivity contribution in [2.75, 3.05) is 6.61 Å². The second-order valence-electron chi connectivity index (χ2n) is 4.55. The maximum absolute atomic E-state index is 12.1. The molecule has 0 unspecified atom stereocenters. The van der Waals surface area contributed by atoms with E-state index in [1.54, 1.807) is 25.1 Å². The van der Waals surface area contributed by atoms with Gasteiger partial charge in [0, 0.05) is 10.4 Å². The predicted octanol–water partition coefficient (Wildman–Crippen LogP) is 2.46. The molecule has 0 aliphatic carbocycles. The SMILES string of the molecule is CCOC(=O)c1cc2c(=O)[nH]c3ccc(Cl)cc3c2oc1=O. The second-order valence-corrected chi connectivity index (χ2v) is 4.99. The Labute approximate surface area is 128 Å². The molecule has 1 aromatic carbocycles. The van der Waals surface area contributed by atoms with E-state index >= 15 is 0 Å². The Balaban J connectivity index is 2.41. The highest BCUT2D eigenvalue weighted by Crippen LogP contribution is 2.23. The number of pyridine rings is 1. The topological polar surface area (TPSA) is 89.4 Å². The van der Waals surface area contributed by atoms with Gasteiger partial charge in [0.05, 0.1) is 17.5 Å². The second kappa shape index (κ2) is 5.31. The van der Waals surface area contributed by atoms with Crippen LogP contribution in [0.15, 0.2) is 38.3 Å². The first-order chi connectivity index (χ1) is 10.5. The fourth-order valence-corrected chi connectivity index (χ4v) is 2.37. The van der Waals surface area contributed by atoms with E-state index in [2.05, 4.69) is 4.98 Å². The van der Waals surface area contributed by atoms with E-state index in [1.807, 2.05) is 0 Å². The largest absolute Gasteiger partial charge is 0.462 e. The van der Waals surface area contributed by atoms with Gasteiger partial charge in [0.25, 0.3) is 5.56 Å². The average Bonchev–Trinajstić information content (AvgIpc) is 2.48. The fourth-order valence-electron chi connectivity index (χ4n) is 2.19. The lowest BCUT2D eigenvalue weighted by atomic mass is 10.1. The number of carbonyl (C=O) groups excluding carboxylic acids is 1. The van der Waals surface area contributed by atoms with E-state index < -0.39 is 17.2 Å². The van der Waals surface area contributed by atoms with Gasteiger partial charge in [0.1, 0.15) is 5.56 Å². The van der Waals surface area contributed by atoms with E-state index in [-0.39, 0.29) is 23.1 Å². The number of aromatic nitrogens is 1. The first kappa shape index (κ1) is 14.3. The summed E-state index contributed by atoms with van der Waals surface area (Å²) in [6.07, 6.45) is 0. The number of aromatic amines is 1. The van der Waals surface area contributed by atoms with E-state index in [4.69, 9.17) is 20.8 Å². The third-order valence-corrected chi connectivity index (χ3v) is 3.40. The maximum Gasteiger partial charge on any atom is 0.351 e. The highest BCUT2D eigenvalue weighted by Gasteiger charge is 2.17. The molecule has 2 heterocycles. The van der Waals surface area contributed by atoms with E-state index in [0.717, 1.165) is 0 Å². The van der Waals surface area contributed by atoms with Crippen molar-refractivity contribution in [3.05, 3.63) is 55.6 Å². The summed E-state index contributed by atoms with van der Waals surface area (Å²) >= 11 is 5.94. The highest BCUT2D eigenvalue weighted by atomic mass is 35.5. The lowest BCUT2D eigenvalue weighted by Crippen LogP contribution is -2.18. The molecule has 0 bridgehead atoms. The number of halogens is 1. The van der Waals surface area contributed by atoms with Gasteiger partial charge in [-0.15, -0.1) is 0 Å². The van der Waals surface area contributed by atoms with Gasteiger partial charge in [-0.25, -0.2) is 9.59 Å². The number of esters is 1. The Morgan fingerprint density at radius 1 is 1.27 bits per heavy atom. The minimum absolute atomic E-state index is 0.0809. The van der Waals surface area contributed by atoms with Crippen LogP contribution in [-0.4, -0.2) is 17.6 Å². The smallest absolute Gasteiger partial charge is 0.351 e. The van der Waals surface area contributed by atoms with Crippen LogP contribution in [0.25, 0.3) is 21.9 Å². The number of fused-ring (bicyclic) bond motifs is 3. The van der Waals surface area contributed by atoms with Crippen LogP contribution in [0.2, 0.25) is 5.02 Å². The first-order valence-corrected chi connectivity index (χ1v) is 6.85. The number of rotatable bonds is 2. The molecule has 7 heteroatoms. The van der Waals surface area contributed by atoms with Crippen molar-refractivity contribution in [3.8, 4) is 0 Å². The molecule has 0 spiro atoms. The van der Waals surface area contributed by atoms with Gasteiger partial charge in [0.15, 0.2) is 5.58 Å². The van der Waals surface area contributed by atoms with Crippen molar-refractivity contribution in [2.45, 2.75) is 6.92 Å². The Bertz CT molecular complexity index is 1020. The Hall–Kier alpha value is -2.60. The molecule has 1 N–H and O–H groups in total. The number of hydrogen-bond acceptors (Lipinski definition) is 5. The average molecular weight is 320 g/mol. The summed E-state index contributed by atoms with van der Waals surface area (Å²) in [4.78, 5) is 38.5. The fraction of sp³-hybridized carbons (Fsp3) is 0.133. The molecule has 0 aliphatic heterocycles. The number of benzene rings is 1. The Morgan fingerprint density at radius 3 is 2.77 bits per heavy atom. The molecule has 0 saturated carbocycles. The van der Waals surface area contributed by atoms with Crippen LogP contribution in [-0.2, 0) is 4.74 Å². The van der Waals surface area contributed by atoms with Crippen molar-refractivity contribution >= 4 is 39.4 Å². The van der Waals surface area contributed by atoms with Gasteiger partial charge in [-0.05, 0) is 31.2 Å². The van der Waals surface area contributed by atoms with Crippen LogP contribution in [0.3, 0.4) is 0 Å². The monoisotopic (exact) mass is 319 g/mol. The van der Waals surface area contributed by atoms with Crippen LogP contribution in [0.4, 0.5) is 0 Å². The molecule has 0 radical (unpaired) electrons. The molecule has 112 valence electrons. The first-order valence-electron chi connectivity index (χ1n) is 6.47. The van der Waals surface area contributed by atoms with Crippen LogP contribution in [0.1, 0.15) is 17.3 Å². The summed E-state index contributed by atoms with van der Waals surface area (Å²) in [5.74, 6) is -0.830. The molecule has 0 aliphatic rings. The molecule has 3 aromatic rings. The third-order valence-electron chi connectivity index (χ3n) is 3.16. The Morgan fingerprint density at radius 2 is 2.05 bits per heavy atom. The Kier molecular flexibility index (Phi) is 3.46. The van der Waals surface area contributed by atoms with Gasteiger partial charge >= 0.3 is 11.6 Å². The van der Waals surface area contributed by atoms with Crippen molar-refractivity contribution < 1.29 is 13.9 Å². The van der Waals surface area contributed by atoms with Crippen LogP contribution >= 0.6 is 11.6 Å². The zero-order chi connectivity index (χ0) is 15.9. The summed E-state index contributed by atoms with van der Waals surface area (Å²) in [5.41, 5.74) is -1.09. The highest BCUT2D eigenvalue weighted by molar-refractivity contribution is 6.31. The molecule has 22 heavy (non-hydrogen) atoms. The van der Waals surface area contributed by atoms with E-state index in [9.17, 15) is 14.4 Å². The molecular formula is C15H10ClNO5. The maximum atomic E-state index is 12.1. The van der Waals surface area contributed by atoms with Gasteiger partial charge in [-0.2, -0.15) is 0 Å². The van der Waals surface area contributed by atoms with Crippen molar-refractivity contribution in [1.82, 2.24) is 4.98 Å². The lowest BCUT2D eigenvalue weighted by Gasteiger charge is -2.05. The third kappa shape index (κ3) is 2.27. The van der Waals surface area contributed by atoms with Gasteiger partial charge in [-0.1, -0.05) is 11.6 Å². The molecule has 0 amide bonds. The molecule has 2 aromatic heterocycles. The summed E-state index contributed by atoms with van der Waals surface area (Å²) < 4.78 is 9.95. The number of ether oxygens (including phenoxy) is 1. The standard InChI is InChI=1S/C15H10ClNO5/c1-2-21-14(19)10-6-9-12(22-15(10)20)8-5-7(16)3-4-11(8)17-13(9)18/h3-6H,2H2,1H3,(H,17,18). The normalized spacial score (nSPS) is 11.0. The molecule has 0 fully saturated rings. The molecule has 0 saturated heterocycles. The van der Waals surface area contributed by atoms with Crippen LogP contribution in [0, 0.1) is 0 Å². The summed E-state index contributed by atoms with van der Waals surface area (Å²) in [6.45, 7) is 1.73. The molecular weight excluding hydrogens is 310 g/mol. The summed E-state index contributed by atoms with van der Waals surface area (Å²) in [6, 6.07) is 5.97. The molecule has 6 nitrogen and oxygen atoms in total. The van der Waals surface area contributed by atoms with Crippen LogP contribution < -0.4 is 11.2 Å². The van der Waals surface area contributed by atoms with Gasteiger partial charge < -0.3 is 14.1 Å². The quantitative estimate of drug-likeness (QED) is 0.579. The minimum Gasteiger partial charge on any atom is -0.462 e. The van der Waals surface area contributed by atoms with E-state index in [0.29, 0.717) is 15.9 Å². The van der Waals surface area contributed by atoms with Crippen molar-refractivity contribution in [3.63, 3.8) is 0 Å². The molecule has 0 atom stereocenters. The summed E-state index contributed by atoms with van der Waals surface area (Å²) in [5, 5.41) is 0.991. The zero-order valence-electron chi connectivity index (χ0n) is 11.4. The van der Waals surface area contributed by atoms with Gasteiger partial charge in [0.2, 0.25) is 0 Å². The van der Waals surface area contributed by atoms with Crippen LogP contribution in [0.5, 0.6) is 0 Å². The number of hydrogen-bond donors (Lipinski definition) is 1. The number of carbonyl (C=O) groups is 1.